The maximum atomic E-state index is 12.8. The lowest BCUT2D eigenvalue weighted by Gasteiger charge is -2.34. The summed E-state index contributed by atoms with van der Waals surface area (Å²) in [5, 5.41) is 11.7. The van der Waals surface area contributed by atoms with Crippen LogP contribution in [-0.4, -0.2) is 75.5 Å². The van der Waals surface area contributed by atoms with Gasteiger partial charge in [0, 0.05) is 19.3 Å². The number of carbonyl (C=O) groups excluding carboxylic acids is 3. The Morgan fingerprint density at radius 3 is 1.17 bits per heavy atom. The first-order valence-corrected chi connectivity index (χ1v) is 27.4. The van der Waals surface area contributed by atoms with Crippen LogP contribution in [0.5, 0.6) is 0 Å². The molecule has 0 N–H and O–H groups in total. The van der Waals surface area contributed by atoms with Crippen LogP contribution in [0.1, 0.15) is 264 Å². The molecule has 0 aliphatic rings. The summed E-state index contributed by atoms with van der Waals surface area (Å²) in [7, 11) is 5.42. The third kappa shape index (κ3) is 45.0. The second kappa shape index (κ2) is 47.3. The molecule has 8 nitrogen and oxygen atoms in total. The van der Waals surface area contributed by atoms with Gasteiger partial charge in [-0.05, 0) is 38.5 Å². The number of hydrogen-bond donors (Lipinski definition) is 0. The Kier molecular flexibility index (Phi) is 45.7. The minimum Gasteiger partial charge on any atom is -0.544 e. The van der Waals surface area contributed by atoms with Crippen LogP contribution in [-0.2, 0) is 28.6 Å². The summed E-state index contributed by atoms with van der Waals surface area (Å²) in [6.07, 6.45) is 55.0. The predicted octanol–water partition coefficient (Wildman–Crippen LogP) is 14.6. The van der Waals surface area contributed by atoms with Crippen LogP contribution >= 0.6 is 0 Å². The highest BCUT2D eigenvalue weighted by atomic mass is 16.6. The molecule has 0 rings (SSSR count). The number of unbranched alkanes of at least 4 members (excludes halogenated alkanes) is 33. The van der Waals surface area contributed by atoms with Gasteiger partial charge >= 0.3 is 11.9 Å². The lowest BCUT2D eigenvalue weighted by Crippen LogP contribution is -2.55. The molecule has 0 radical (unpaired) electrons. The van der Waals surface area contributed by atoms with Crippen LogP contribution in [0.15, 0.2) is 24.3 Å². The molecule has 64 heavy (non-hydrogen) atoms. The molecule has 376 valence electrons. The molecule has 0 saturated heterocycles. The number of carboxylic acids is 1. The Morgan fingerprint density at radius 1 is 0.469 bits per heavy atom. The van der Waals surface area contributed by atoms with Crippen molar-refractivity contribution in [2.45, 2.75) is 276 Å². The first-order chi connectivity index (χ1) is 31.1. The highest BCUT2D eigenvalue weighted by molar-refractivity contribution is 5.70. The molecule has 0 bridgehead atoms. The van der Waals surface area contributed by atoms with Gasteiger partial charge in [-0.25, -0.2) is 0 Å². The van der Waals surface area contributed by atoms with Crippen LogP contribution in [0, 0.1) is 0 Å². The van der Waals surface area contributed by atoms with E-state index < -0.39 is 18.1 Å². The number of ether oxygens (including phenoxy) is 3. The Balaban J connectivity index is 4.19. The van der Waals surface area contributed by atoms with E-state index in [1.807, 2.05) is 21.1 Å². The van der Waals surface area contributed by atoms with Crippen LogP contribution in [0.4, 0.5) is 0 Å². The van der Waals surface area contributed by atoms with Crippen molar-refractivity contribution in [1.29, 1.82) is 0 Å². The van der Waals surface area contributed by atoms with Crippen molar-refractivity contribution in [2.24, 2.45) is 0 Å². The van der Waals surface area contributed by atoms with Crippen LogP contribution < -0.4 is 5.11 Å². The molecule has 0 fully saturated rings. The average Bonchev–Trinajstić information content (AvgIpc) is 3.26. The lowest BCUT2D eigenvalue weighted by atomic mass is 10.0. The van der Waals surface area contributed by atoms with Crippen molar-refractivity contribution in [3.05, 3.63) is 24.3 Å². The summed E-state index contributed by atoms with van der Waals surface area (Å²) >= 11 is 0. The average molecular weight is 904 g/mol. The van der Waals surface area contributed by atoms with E-state index in [4.69, 9.17) is 14.2 Å². The number of esters is 2. The molecule has 0 saturated carbocycles. The normalized spacial score (nSPS) is 13.0. The number of rotatable bonds is 50. The third-order valence-electron chi connectivity index (χ3n) is 12.6. The zero-order chi connectivity index (χ0) is 47.0. The molecular formula is C56H105NO7. The monoisotopic (exact) mass is 904 g/mol. The first kappa shape index (κ1) is 61.8. The van der Waals surface area contributed by atoms with Crippen LogP contribution in [0.3, 0.4) is 0 Å². The van der Waals surface area contributed by atoms with Crippen molar-refractivity contribution in [3.63, 3.8) is 0 Å². The highest BCUT2D eigenvalue weighted by Gasteiger charge is 2.25. The topological polar surface area (TPSA) is 102 Å². The number of carbonyl (C=O) groups is 3. The standard InChI is InChI=1S/C56H105NO7/c1-6-8-10-12-14-16-18-20-22-24-26-27-28-29-31-33-35-37-39-41-43-45-47-55(59)64-52(50-62-49-48-53(56(60)61)57(3,4)5)51-63-54(58)46-44-42-40-38-36-34-32-30-25-23-21-19-17-15-13-11-9-7-2/h23,25,30,32,52-53H,6-22,24,26-29,31,33-51H2,1-5H3/b25-23+,32-30+. The van der Waals surface area contributed by atoms with Gasteiger partial charge in [-0.1, -0.05) is 231 Å². The zero-order valence-corrected chi connectivity index (χ0v) is 43.0. The lowest BCUT2D eigenvalue weighted by molar-refractivity contribution is -0.889. The smallest absolute Gasteiger partial charge is 0.306 e. The van der Waals surface area contributed by atoms with E-state index in [9.17, 15) is 19.5 Å². The quantitative estimate of drug-likeness (QED) is 0.0259. The van der Waals surface area contributed by atoms with Gasteiger partial charge in [-0.2, -0.15) is 0 Å². The van der Waals surface area contributed by atoms with Gasteiger partial charge in [0.15, 0.2) is 6.10 Å². The molecule has 0 heterocycles. The fourth-order valence-corrected chi connectivity index (χ4v) is 8.36. The molecule has 0 aliphatic heterocycles. The highest BCUT2D eigenvalue weighted by Crippen LogP contribution is 2.17. The van der Waals surface area contributed by atoms with Crippen molar-refractivity contribution in [2.75, 3.05) is 41.0 Å². The molecule has 0 aromatic rings. The van der Waals surface area contributed by atoms with Crippen molar-refractivity contribution in [1.82, 2.24) is 0 Å². The van der Waals surface area contributed by atoms with E-state index in [0.29, 0.717) is 12.8 Å². The molecular weight excluding hydrogens is 799 g/mol. The summed E-state index contributed by atoms with van der Waals surface area (Å²) in [4.78, 5) is 37.1. The number of aliphatic carboxylic acids is 1. The van der Waals surface area contributed by atoms with E-state index in [1.165, 1.54) is 173 Å². The van der Waals surface area contributed by atoms with Gasteiger partial charge in [0.1, 0.15) is 12.6 Å². The van der Waals surface area contributed by atoms with Gasteiger partial charge < -0.3 is 28.6 Å². The second-order valence-corrected chi connectivity index (χ2v) is 19.9. The van der Waals surface area contributed by atoms with E-state index in [2.05, 4.69) is 38.2 Å². The molecule has 0 amide bonds. The minimum atomic E-state index is -1.12. The van der Waals surface area contributed by atoms with Crippen LogP contribution in [0.2, 0.25) is 0 Å². The van der Waals surface area contributed by atoms with Crippen molar-refractivity contribution >= 4 is 17.9 Å². The summed E-state index contributed by atoms with van der Waals surface area (Å²) in [5.41, 5.74) is 0. The Labute approximate surface area is 396 Å². The van der Waals surface area contributed by atoms with Crippen molar-refractivity contribution in [3.8, 4) is 0 Å². The Bertz CT molecular complexity index is 1100. The maximum absolute atomic E-state index is 12.8. The summed E-state index contributed by atoms with van der Waals surface area (Å²) in [6.45, 7) is 4.69. The molecule has 2 atom stereocenters. The molecule has 0 spiro atoms. The molecule has 0 aromatic heterocycles. The van der Waals surface area contributed by atoms with Gasteiger partial charge in [-0.15, -0.1) is 0 Å². The molecule has 0 aromatic carbocycles. The maximum Gasteiger partial charge on any atom is 0.306 e. The number of carboxylic acid groups (broad SMARTS) is 1. The number of allylic oxidation sites excluding steroid dienone is 4. The first-order valence-electron chi connectivity index (χ1n) is 27.4. The minimum absolute atomic E-state index is 0.0404. The van der Waals surface area contributed by atoms with E-state index >= 15 is 0 Å². The van der Waals surface area contributed by atoms with Gasteiger partial charge in [0.05, 0.1) is 40.3 Å². The SMILES string of the molecule is CCCCCCCCC/C=C/C=C/CCCCCCCC(=O)OCC(COCCC(C(=O)[O-])[N+](C)(C)C)OC(=O)CCCCCCCCCCCCCCCCCCCCCCCC. The van der Waals surface area contributed by atoms with Crippen LogP contribution in [0.25, 0.3) is 0 Å². The number of likely N-dealkylation sites (N-methyl/N-ethyl adjacent to an activating group) is 1. The van der Waals surface area contributed by atoms with E-state index in [-0.39, 0.29) is 42.7 Å². The van der Waals surface area contributed by atoms with E-state index in [0.717, 1.165) is 57.8 Å². The van der Waals surface area contributed by atoms with Gasteiger partial charge in [-0.3, -0.25) is 9.59 Å². The largest absolute Gasteiger partial charge is 0.544 e. The van der Waals surface area contributed by atoms with Gasteiger partial charge in [0.25, 0.3) is 0 Å². The fourth-order valence-electron chi connectivity index (χ4n) is 8.36. The number of hydrogen-bond acceptors (Lipinski definition) is 7. The van der Waals surface area contributed by atoms with Gasteiger partial charge in [0.2, 0.25) is 0 Å². The second-order valence-electron chi connectivity index (χ2n) is 19.9. The Morgan fingerprint density at radius 2 is 0.812 bits per heavy atom. The fraction of sp³-hybridized carbons (Fsp3) is 0.875. The molecule has 0 aliphatic carbocycles. The summed E-state index contributed by atoms with van der Waals surface area (Å²) in [6, 6.07) is -0.726. The molecule has 8 heteroatoms. The predicted molar refractivity (Wildman–Crippen MR) is 268 cm³/mol. The summed E-state index contributed by atoms with van der Waals surface area (Å²) < 4.78 is 17.3. The third-order valence-corrected chi connectivity index (χ3v) is 12.6. The molecule has 2 unspecified atom stereocenters. The number of quaternary nitrogens is 1. The summed E-state index contributed by atoms with van der Waals surface area (Å²) in [5.74, 6) is -1.73. The zero-order valence-electron chi connectivity index (χ0n) is 43.0. The Hall–Kier alpha value is -2.19. The van der Waals surface area contributed by atoms with Crippen molar-refractivity contribution < 1.29 is 38.2 Å². The van der Waals surface area contributed by atoms with E-state index in [1.54, 1.807) is 0 Å². The number of nitrogens with zero attached hydrogens (tertiary/aromatic N) is 1.